The zero-order valence-corrected chi connectivity index (χ0v) is 8.23. The van der Waals surface area contributed by atoms with Crippen LogP contribution in [0.5, 0.6) is 0 Å². The molecule has 6 heteroatoms. The van der Waals surface area contributed by atoms with Crippen molar-refractivity contribution in [3.8, 4) is 0 Å². The molecule has 72 valence electrons. The van der Waals surface area contributed by atoms with Crippen LogP contribution in [0.2, 0.25) is 0 Å². The summed E-state index contributed by atoms with van der Waals surface area (Å²) >= 11 is 0. The quantitative estimate of drug-likeness (QED) is 0.614. The molecule has 0 aromatic heterocycles. The van der Waals surface area contributed by atoms with E-state index in [-0.39, 0.29) is 5.78 Å². The molecule has 0 amide bonds. The largest absolute Gasteiger partial charge is 0.298 e. The van der Waals surface area contributed by atoms with Crippen molar-refractivity contribution < 1.29 is 13.2 Å². The molecule has 1 unspecified atom stereocenters. The second-order valence-electron chi connectivity index (χ2n) is 2.45. The van der Waals surface area contributed by atoms with Crippen LogP contribution >= 0.6 is 0 Å². The fraction of sp³-hybridized carbons (Fsp3) is 0.833. The van der Waals surface area contributed by atoms with Gasteiger partial charge in [-0.05, 0) is 13.8 Å². The van der Waals surface area contributed by atoms with Crippen molar-refractivity contribution in [1.82, 2.24) is 9.44 Å². The van der Waals surface area contributed by atoms with E-state index in [2.05, 4.69) is 9.44 Å². The number of rotatable bonds is 5. The van der Waals surface area contributed by atoms with Gasteiger partial charge in [0.05, 0.1) is 6.04 Å². The van der Waals surface area contributed by atoms with Crippen LogP contribution in [-0.4, -0.2) is 26.8 Å². The first-order valence-corrected chi connectivity index (χ1v) is 5.14. The molecule has 0 aliphatic heterocycles. The summed E-state index contributed by atoms with van der Waals surface area (Å²) in [6.07, 6.45) is 0. The van der Waals surface area contributed by atoms with Gasteiger partial charge in [-0.2, -0.15) is 13.1 Å². The zero-order valence-electron chi connectivity index (χ0n) is 7.42. The van der Waals surface area contributed by atoms with Crippen molar-refractivity contribution in [2.45, 2.75) is 26.8 Å². The van der Waals surface area contributed by atoms with E-state index in [1.165, 1.54) is 13.8 Å². The Bertz CT molecular complexity index is 248. The predicted octanol–water partition coefficient (Wildman–Crippen LogP) is -0.592. The summed E-state index contributed by atoms with van der Waals surface area (Å²) in [7, 11) is -3.50. The fourth-order valence-electron chi connectivity index (χ4n) is 0.547. The number of carbonyl (C=O) groups is 1. The highest BCUT2D eigenvalue weighted by Gasteiger charge is 2.15. The third kappa shape index (κ3) is 4.42. The Labute approximate surface area is 72.7 Å². The minimum atomic E-state index is -3.50. The van der Waals surface area contributed by atoms with E-state index in [4.69, 9.17) is 0 Å². The molecule has 1 atom stereocenters. The van der Waals surface area contributed by atoms with E-state index >= 15 is 0 Å². The Hall–Kier alpha value is -0.460. The Morgan fingerprint density at radius 1 is 1.50 bits per heavy atom. The summed E-state index contributed by atoms with van der Waals surface area (Å²) in [6, 6.07) is -0.672. The first-order valence-electron chi connectivity index (χ1n) is 3.66. The monoisotopic (exact) mass is 194 g/mol. The van der Waals surface area contributed by atoms with Crippen molar-refractivity contribution in [1.29, 1.82) is 0 Å². The summed E-state index contributed by atoms with van der Waals surface area (Å²) in [6.45, 7) is 4.80. The molecule has 0 rings (SSSR count). The maximum absolute atomic E-state index is 11.0. The minimum Gasteiger partial charge on any atom is -0.298 e. The van der Waals surface area contributed by atoms with Gasteiger partial charge < -0.3 is 0 Å². The van der Waals surface area contributed by atoms with E-state index < -0.39 is 16.3 Å². The Morgan fingerprint density at radius 2 is 2.00 bits per heavy atom. The smallest absolute Gasteiger partial charge is 0.277 e. The Morgan fingerprint density at radius 3 is 2.33 bits per heavy atom. The van der Waals surface area contributed by atoms with Crippen molar-refractivity contribution >= 4 is 16.0 Å². The first kappa shape index (κ1) is 11.5. The zero-order chi connectivity index (χ0) is 9.78. The van der Waals surface area contributed by atoms with Crippen molar-refractivity contribution in [2.24, 2.45) is 0 Å². The highest BCUT2D eigenvalue weighted by atomic mass is 32.2. The van der Waals surface area contributed by atoms with Gasteiger partial charge in [0, 0.05) is 6.54 Å². The molecule has 0 radical (unpaired) electrons. The minimum absolute atomic E-state index is 0.212. The second kappa shape index (κ2) is 4.54. The molecule has 0 aromatic carbocycles. The summed E-state index contributed by atoms with van der Waals surface area (Å²) in [5.41, 5.74) is 0. The van der Waals surface area contributed by atoms with Crippen molar-refractivity contribution in [3.05, 3.63) is 0 Å². The van der Waals surface area contributed by atoms with Crippen molar-refractivity contribution in [2.75, 3.05) is 6.54 Å². The van der Waals surface area contributed by atoms with Crippen LogP contribution in [0.1, 0.15) is 20.8 Å². The maximum atomic E-state index is 11.0. The van der Waals surface area contributed by atoms with Gasteiger partial charge in [0.25, 0.3) is 10.2 Å². The molecule has 0 aromatic rings. The van der Waals surface area contributed by atoms with Gasteiger partial charge in [-0.25, -0.2) is 4.72 Å². The van der Waals surface area contributed by atoms with Gasteiger partial charge in [-0.3, -0.25) is 4.79 Å². The van der Waals surface area contributed by atoms with Crippen LogP contribution < -0.4 is 9.44 Å². The standard InChI is InChI=1S/C6H14N2O3S/c1-4-7-12(10,11)8-5(2)6(3)9/h5,7-8H,4H2,1-3H3. The van der Waals surface area contributed by atoms with Crippen LogP contribution in [0.4, 0.5) is 0 Å². The molecule has 2 N–H and O–H groups in total. The molecular formula is C6H14N2O3S. The van der Waals surface area contributed by atoms with Gasteiger partial charge in [-0.1, -0.05) is 6.92 Å². The molecule has 0 aliphatic rings. The van der Waals surface area contributed by atoms with Crippen LogP contribution in [0.15, 0.2) is 0 Å². The highest BCUT2D eigenvalue weighted by Crippen LogP contribution is 1.86. The number of Topliss-reactive ketones (excluding diaryl/α,β-unsaturated/α-hetero) is 1. The third-order valence-corrected chi connectivity index (χ3v) is 2.61. The molecule has 5 nitrogen and oxygen atoms in total. The second-order valence-corrected chi connectivity index (χ2v) is 3.98. The molecule has 0 fully saturated rings. The van der Waals surface area contributed by atoms with E-state index in [0.29, 0.717) is 6.54 Å². The summed E-state index contributed by atoms with van der Waals surface area (Å²) in [4.78, 5) is 10.7. The van der Waals surface area contributed by atoms with E-state index in [1.807, 2.05) is 0 Å². The predicted molar refractivity (Wildman–Crippen MR) is 45.9 cm³/mol. The first-order chi connectivity index (χ1) is 5.39. The average molecular weight is 194 g/mol. The number of carbonyl (C=O) groups excluding carboxylic acids is 1. The number of hydrogen-bond acceptors (Lipinski definition) is 3. The van der Waals surface area contributed by atoms with Crippen LogP contribution in [0, 0.1) is 0 Å². The molecule has 0 saturated heterocycles. The lowest BCUT2D eigenvalue weighted by molar-refractivity contribution is -0.118. The Kier molecular flexibility index (Phi) is 4.36. The SMILES string of the molecule is CCNS(=O)(=O)NC(C)C(C)=O. The Balaban J connectivity index is 4.16. The average Bonchev–Trinajstić information content (AvgIpc) is 1.85. The lowest BCUT2D eigenvalue weighted by atomic mass is 10.3. The summed E-state index contributed by atoms with van der Waals surface area (Å²) < 4.78 is 26.3. The molecule has 12 heavy (non-hydrogen) atoms. The third-order valence-electron chi connectivity index (χ3n) is 1.28. The van der Waals surface area contributed by atoms with Crippen LogP contribution in [0.3, 0.4) is 0 Å². The normalized spacial score (nSPS) is 14.2. The summed E-state index contributed by atoms with van der Waals surface area (Å²) in [5, 5.41) is 0. The molecule has 0 aliphatic carbocycles. The fourth-order valence-corrected chi connectivity index (χ4v) is 1.64. The maximum Gasteiger partial charge on any atom is 0.277 e. The van der Waals surface area contributed by atoms with Crippen LogP contribution in [0.25, 0.3) is 0 Å². The van der Waals surface area contributed by atoms with E-state index in [0.717, 1.165) is 0 Å². The van der Waals surface area contributed by atoms with E-state index in [1.54, 1.807) is 6.92 Å². The topological polar surface area (TPSA) is 75.3 Å². The molecule has 0 heterocycles. The molecule has 0 bridgehead atoms. The number of nitrogens with one attached hydrogen (secondary N) is 2. The number of hydrogen-bond donors (Lipinski definition) is 2. The van der Waals surface area contributed by atoms with E-state index in [9.17, 15) is 13.2 Å². The van der Waals surface area contributed by atoms with Gasteiger partial charge in [0.1, 0.15) is 5.78 Å². The molecular weight excluding hydrogens is 180 g/mol. The molecule has 0 spiro atoms. The van der Waals surface area contributed by atoms with Gasteiger partial charge in [-0.15, -0.1) is 0 Å². The molecule has 0 saturated carbocycles. The highest BCUT2D eigenvalue weighted by molar-refractivity contribution is 7.87. The lowest BCUT2D eigenvalue weighted by Gasteiger charge is -2.10. The summed E-state index contributed by atoms with van der Waals surface area (Å²) in [5.74, 6) is -0.212. The van der Waals surface area contributed by atoms with Gasteiger partial charge in [0.15, 0.2) is 0 Å². The van der Waals surface area contributed by atoms with Gasteiger partial charge in [0.2, 0.25) is 0 Å². The van der Waals surface area contributed by atoms with Crippen LogP contribution in [-0.2, 0) is 15.0 Å². The number of ketones is 1. The van der Waals surface area contributed by atoms with Crippen molar-refractivity contribution in [3.63, 3.8) is 0 Å². The lowest BCUT2D eigenvalue weighted by Crippen LogP contribution is -2.44. The van der Waals surface area contributed by atoms with Gasteiger partial charge >= 0.3 is 0 Å².